The molecule has 1 aliphatic rings. The number of hydrogen-bond acceptors (Lipinski definition) is 4. The molecule has 2 heterocycles. The number of rotatable bonds is 4. The Balaban J connectivity index is 1.59. The van der Waals surface area contributed by atoms with Gasteiger partial charge < -0.3 is 10.1 Å². The van der Waals surface area contributed by atoms with Crippen LogP contribution in [-0.4, -0.2) is 21.9 Å². The van der Waals surface area contributed by atoms with Gasteiger partial charge >= 0.3 is 0 Å². The van der Waals surface area contributed by atoms with Gasteiger partial charge in [-0.2, -0.15) is 4.98 Å². The molecule has 4 aromatic rings. The molecule has 31 heavy (non-hydrogen) atoms. The van der Waals surface area contributed by atoms with Crippen molar-refractivity contribution in [3.05, 3.63) is 100 Å². The number of nitrogens with zero attached hydrogens (tertiary/aromatic N) is 3. The van der Waals surface area contributed by atoms with Crippen LogP contribution in [0.3, 0.4) is 0 Å². The third-order valence-corrected chi connectivity index (χ3v) is 5.68. The number of hydrogen-bond donors (Lipinski definition) is 1. The summed E-state index contributed by atoms with van der Waals surface area (Å²) in [7, 11) is 1.66. The van der Waals surface area contributed by atoms with E-state index in [1.807, 2.05) is 77.5 Å². The third kappa shape index (κ3) is 3.90. The Bertz CT molecular complexity index is 1250. The van der Waals surface area contributed by atoms with Crippen molar-refractivity contribution >= 4 is 34.8 Å². The van der Waals surface area contributed by atoms with Gasteiger partial charge in [0.15, 0.2) is 5.82 Å². The standard InChI is InChI=1S/C24H18Cl2N4O/c1-31-20-12-6-15(7-13-20)21-14-22(16-2-8-18(25)9-3-16)30-24(27-21)28-23(29-30)17-4-10-19(26)11-5-17/h2-14,22H,1H3,(H,27,28,29). The molecule has 0 saturated heterocycles. The van der Waals surface area contributed by atoms with Crippen molar-refractivity contribution in [1.29, 1.82) is 0 Å². The van der Waals surface area contributed by atoms with Crippen LogP contribution in [0.15, 0.2) is 78.9 Å². The van der Waals surface area contributed by atoms with E-state index in [1.54, 1.807) is 7.11 Å². The zero-order valence-electron chi connectivity index (χ0n) is 16.6. The van der Waals surface area contributed by atoms with Crippen LogP contribution in [0.25, 0.3) is 17.1 Å². The number of nitrogens with one attached hydrogen (secondary N) is 1. The van der Waals surface area contributed by atoms with Crippen molar-refractivity contribution in [3.8, 4) is 17.1 Å². The normalized spacial score (nSPS) is 15.1. The molecule has 5 rings (SSSR count). The van der Waals surface area contributed by atoms with Gasteiger partial charge in [-0.15, -0.1) is 5.10 Å². The summed E-state index contributed by atoms with van der Waals surface area (Å²) in [6.45, 7) is 0. The summed E-state index contributed by atoms with van der Waals surface area (Å²) in [5, 5.41) is 9.58. The number of ether oxygens (including phenoxy) is 1. The maximum atomic E-state index is 6.12. The Labute approximate surface area is 189 Å². The van der Waals surface area contributed by atoms with Crippen LogP contribution >= 0.6 is 23.2 Å². The second kappa shape index (κ2) is 8.10. The summed E-state index contributed by atoms with van der Waals surface area (Å²) in [5.74, 6) is 2.10. The smallest absolute Gasteiger partial charge is 0.227 e. The van der Waals surface area contributed by atoms with Gasteiger partial charge in [-0.05, 0) is 77.9 Å². The van der Waals surface area contributed by atoms with Crippen molar-refractivity contribution in [2.24, 2.45) is 0 Å². The maximum absolute atomic E-state index is 6.12. The van der Waals surface area contributed by atoms with Gasteiger partial charge in [-0.25, -0.2) is 4.68 Å². The number of fused-ring (bicyclic) bond motifs is 1. The molecule has 7 heteroatoms. The van der Waals surface area contributed by atoms with E-state index in [4.69, 9.17) is 38.0 Å². The fourth-order valence-corrected chi connectivity index (χ4v) is 3.80. The van der Waals surface area contributed by atoms with E-state index >= 15 is 0 Å². The number of aromatic nitrogens is 3. The molecular weight excluding hydrogens is 431 g/mol. The van der Waals surface area contributed by atoms with Gasteiger partial charge in [-0.1, -0.05) is 35.3 Å². The van der Waals surface area contributed by atoms with E-state index in [1.165, 1.54) is 0 Å². The molecule has 0 aliphatic carbocycles. The van der Waals surface area contributed by atoms with Crippen molar-refractivity contribution in [1.82, 2.24) is 14.8 Å². The van der Waals surface area contributed by atoms with Gasteiger partial charge in [-0.3, -0.25) is 0 Å². The lowest BCUT2D eigenvalue weighted by molar-refractivity contribution is 0.415. The SMILES string of the molecule is COc1ccc(C2=CC(c3ccc(Cl)cc3)n3nc(-c4ccc(Cl)cc4)nc3N2)cc1. The minimum absolute atomic E-state index is 0.140. The number of halogens is 2. The van der Waals surface area contributed by atoms with Crippen molar-refractivity contribution in [2.45, 2.75) is 6.04 Å². The van der Waals surface area contributed by atoms with Gasteiger partial charge in [0, 0.05) is 21.3 Å². The molecule has 1 N–H and O–H groups in total. The van der Waals surface area contributed by atoms with Crippen LogP contribution in [0.1, 0.15) is 17.2 Å². The quantitative estimate of drug-likeness (QED) is 0.396. The molecule has 0 bridgehead atoms. The summed E-state index contributed by atoms with van der Waals surface area (Å²) in [6.07, 6.45) is 2.14. The summed E-state index contributed by atoms with van der Waals surface area (Å²) in [5.41, 5.74) is 3.94. The monoisotopic (exact) mass is 448 g/mol. The molecule has 5 nitrogen and oxygen atoms in total. The fraction of sp³-hybridized carbons (Fsp3) is 0.0833. The maximum Gasteiger partial charge on any atom is 0.227 e. The van der Waals surface area contributed by atoms with Crippen molar-refractivity contribution in [3.63, 3.8) is 0 Å². The van der Waals surface area contributed by atoms with E-state index in [9.17, 15) is 0 Å². The molecule has 1 unspecified atom stereocenters. The number of methoxy groups -OCH3 is 1. The largest absolute Gasteiger partial charge is 0.497 e. The van der Waals surface area contributed by atoms with Crippen LogP contribution in [0.2, 0.25) is 10.0 Å². The molecule has 1 aromatic heterocycles. The molecule has 0 fully saturated rings. The average Bonchev–Trinajstić information content (AvgIpc) is 3.24. The number of anilines is 1. The Morgan fingerprint density at radius 2 is 1.45 bits per heavy atom. The molecule has 0 amide bonds. The van der Waals surface area contributed by atoms with Gasteiger partial charge in [0.25, 0.3) is 0 Å². The highest BCUT2D eigenvalue weighted by atomic mass is 35.5. The van der Waals surface area contributed by atoms with Crippen LogP contribution in [0.5, 0.6) is 5.75 Å². The molecule has 1 aliphatic heterocycles. The molecular formula is C24H18Cl2N4O. The lowest BCUT2D eigenvalue weighted by Gasteiger charge is -2.24. The Kier molecular flexibility index (Phi) is 5.14. The van der Waals surface area contributed by atoms with Crippen LogP contribution in [0.4, 0.5) is 5.95 Å². The first-order valence-electron chi connectivity index (χ1n) is 9.72. The first-order valence-corrected chi connectivity index (χ1v) is 10.5. The van der Waals surface area contributed by atoms with E-state index in [0.29, 0.717) is 21.8 Å². The second-order valence-electron chi connectivity index (χ2n) is 7.14. The van der Waals surface area contributed by atoms with Crippen molar-refractivity contribution in [2.75, 3.05) is 12.4 Å². The van der Waals surface area contributed by atoms with E-state index in [2.05, 4.69) is 11.4 Å². The van der Waals surface area contributed by atoms with Crippen LogP contribution in [0, 0.1) is 0 Å². The zero-order chi connectivity index (χ0) is 21.4. The lowest BCUT2D eigenvalue weighted by Crippen LogP contribution is -2.20. The molecule has 3 aromatic carbocycles. The molecule has 154 valence electrons. The lowest BCUT2D eigenvalue weighted by atomic mass is 10.0. The number of benzene rings is 3. The van der Waals surface area contributed by atoms with E-state index in [-0.39, 0.29) is 6.04 Å². The summed E-state index contributed by atoms with van der Waals surface area (Å²) in [6, 6.07) is 23.1. The Morgan fingerprint density at radius 3 is 2.10 bits per heavy atom. The molecule has 1 atom stereocenters. The molecule has 0 radical (unpaired) electrons. The minimum Gasteiger partial charge on any atom is -0.497 e. The first-order chi connectivity index (χ1) is 15.1. The van der Waals surface area contributed by atoms with E-state index in [0.717, 1.165) is 28.1 Å². The average molecular weight is 449 g/mol. The Hall–Kier alpha value is -3.28. The fourth-order valence-electron chi connectivity index (χ4n) is 3.55. The topological polar surface area (TPSA) is 52.0 Å². The first kappa shape index (κ1) is 19.7. The highest BCUT2D eigenvalue weighted by molar-refractivity contribution is 6.30. The third-order valence-electron chi connectivity index (χ3n) is 5.18. The summed E-state index contributed by atoms with van der Waals surface area (Å²) >= 11 is 12.2. The predicted molar refractivity (Wildman–Crippen MR) is 125 cm³/mol. The van der Waals surface area contributed by atoms with Gasteiger partial charge in [0.2, 0.25) is 5.95 Å². The molecule has 0 saturated carbocycles. The van der Waals surface area contributed by atoms with Crippen LogP contribution < -0.4 is 10.1 Å². The second-order valence-corrected chi connectivity index (χ2v) is 8.01. The number of allylic oxidation sites excluding steroid dienone is 1. The minimum atomic E-state index is -0.140. The zero-order valence-corrected chi connectivity index (χ0v) is 18.1. The van der Waals surface area contributed by atoms with Gasteiger partial charge in [0.05, 0.1) is 7.11 Å². The highest BCUT2D eigenvalue weighted by Gasteiger charge is 2.25. The summed E-state index contributed by atoms with van der Waals surface area (Å²) in [4.78, 5) is 4.76. The van der Waals surface area contributed by atoms with E-state index < -0.39 is 0 Å². The highest BCUT2D eigenvalue weighted by Crippen LogP contribution is 2.35. The van der Waals surface area contributed by atoms with Crippen LogP contribution in [-0.2, 0) is 0 Å². The molecule has 0 spiro atoms. The van der Waals surface area contributed by atoms with Crippen molar-refractivity contribution < 1.29 is 4.74 Å². The Morgan fingerprint density at radius 1 is 0.839 bits per heavy atom. The van der Waals surface area contributed by atoms with Gasteiger partial charge in [0.1, 0.15) is 11.8 Å². The summed E-state index contributed by atoms with van der Waals surface area (Å²) < 4.78 is 7.18. The predicted octanol–water partition coefficient (Wildman–Crippen LogP) is 6.32.